The second kappa shape index (κ2) is 5.16. The van der Waals surface area contributed by atoms with E-state index in [9.17, 15) is 0 Å². The fourth-order valence-corrected chi connectivity index (χ4v) is 1.58. The van der Waals surface area contributed by atoms with Crippen molar-refractivity contribution in [3.05, 3.63) is 11.3 Å². The van der Waals surface area contributed by atoms with E-state index < -0.39 is 0 Å². The highest BCUT2D eigenvalue weighted by Gasteiger charge is 2.11. The number of ether oxygens (including phenoxy) is 1. The SMILES string of the molecule is CNc1c(COCC(C)C)c(C)nn1C. The maximum absolute atomic E-state index is 5.62. The molecule has 4 nitrogen and oxygen atoms in total. The molecule has 0 radical (unpaired) electrons. The van der Waals surface area contributed by atoms with E-state index in [1.807, 2.05) is 25.7 Å². The zero-order valence-corrected chi connectivity index (χ0v) is 10.3. The Hall–Kier alpha value is -1.03. The summed E-state index contributed by atoms with van der Waals surface area (Å²) in [6.07, 6.45) is 0. The zero-order chi connectivity index (χ0) is 11.4. The minimum Gasteiger partial charge on any atom is -0.376 e. The molecule has 0 unspecified atom stereocenters. The Bertz CT molecular complexity index is 318. The Morgan fingerprint density at radius 3 is 2.67 bits per heavy atom. The van der Waals surface area contributed by atoms with Gasteiger partial charge in [-0.25, -0.2) is 0 Å². The number of anilines is 1. The van der Waals surface area contributed by atoms with Gasteiger partial charge in [-0.2, -0.15) is 5.10 Å². The first kappa shape index (κ1) is 12.0. The average molecular weight is 211 g/mol. The van der Waals surface area contributed by atoms with Crippen LogP contribution in [0.4, 0.5) is 5.82 Å². The van der Waals surface area contributed by atoms with Crippen LogP contribution in [0.5, 0.6) is 0 Å². The van der Waals surface area contributed by atoms with Gasteiger partial charge in [0.1, 0.15) is 5.82 Å². The van der Waals surface area contributed by atoms with Gasteiger partial charge < -0.3 is 10.1 Å². The molecule has 0 saturated heterocycles. The molecule has 4 heteroatoms. The molecular formula is C11H21N3O. The topological polar surface area (TPSA) is 39.1 Å². The molecule has 15 heavy (non-hydrogen) atoms. The van der Waals surface area contributed by atoms with Gasteiger partial charge in [0.05, 0.1) is 12.3 Å². The van der Waals surface area contributed by atoms with E-state index in [2.05, 4.69) is 24.3 Å². The van der Waals surface area contributed by atoms with Gasteiger partial charge in [0, 0.05) is 26.3 Å². The van der Waals surface area contributed by atoms with Gasteiger partial charge in [-0.05, 0) is 12.8 Å². The maximum Gasteiger partial charge on any atom is 0.129 e. The molecule has 0 aliphatic carbocycles. The first-order chi connectivity index (χ1) is 7.06. The van der Waals surface area contributed by atoms with Gasteiger partial charge in [0.25, 0.3) is 0 Å². The van der Waals surface area contributed by atoms with Crippen LogP contribution in [-0.2, 0) is 18.4 Å². The summed E-state index contributed by atoms with van der Waals surface area (Å²) in [6.45, 7) is 7.73. The largest absolute Gasteiger partial charge is 0.376 e. The third-order valence-corrected chi connectivity index (χ3v) is 2.28. The van der Waals surface area contributed by atoms with Crippen molar-refractivity contribution in [3.63, 3.8) is 0 Å². The average Bonchev–Trinajstić information content (AvgIpc) is 2.41. The predicted octanol–water partition coefficient (Wildman–Crippen LogP) is 1.94. The molecule has 0 saturated carbocycles. The number of hydrogen-bond acceptors (Lipinski definition) is 3. The summed E-state index contributed by atoms with van der Waals surface area (Å²) < 4.78 is 7.48. The molecule has 0 aromatic carbocycles. The summed E-state index contributed by atoms with van der Waals surface area (Å²) >= 11 is 0. The van der Waals surface area contributed by atoms with Crippen LogP contribution in [0.15, 0.2) is 0 Å². The Kier molecular flexibility index (Phi) is 4.15. The number of hydrogen-bond donors (Lipinski definition) is 1. The molecule has 0 aliphatic heterocycles. The highest BCUT2D eigenvalue weighted by Crippen LogP contribution is 2.19. The van der Waals surface area contributed by atoms with E-state index in [1.165, 1.54) is 0 Å². The Balaban J connectivity index is 2.67. The molecule has 0 atom stereocenters. The Labute approximate surface area is 91.6 Å². The van der Waals surface area contributed by atoms with Crippen LogP contribution >= 0.6 is 0 Å². The van der Waals surface area contributed by atoms with E-state index in [1.54, 1.807) is 0 Å². The third-order valence-electron chi connectivity index (χ3n) is 2.28. The van der Waals surface area contributed by atoms with Crippen molar-refractivity contribution in [2.24, 2.45) is 13.0 Å². The van der Waals surface area contributed by atoms with Crippen molar-refractivity contribution in [3.8, 4) is 0 Å². The quantitative estimate of drug-likeness (QED) is 0.809. The molecular weight excluding hydrogens is 190 g/mol. The highest BCUT2D eigenvalue weighted by molar-refractivity contribution is 5.46. The Morgan fingerprint density at radius 2 is 2.13 bits per heavy atom. The molecule has 0 amide bonds. The summed E-state index contributed by atoms with van der Waals surface area (Å²) in [7, 11) is 3.84. The summed E-state index contributed by atoms with van der Waals surface area (Å²) in [6, 6.07) is 0. The van der Waals surface area contributed by atoms with Crippen molar-refractivity contribution in [1.82, 2.24) is 9.78 Å². The standard InChI is InChI=1S/C11H21N3O/c1-8(2)6-15-7-10-9(3)13-14(5)11(10)12-4/h8,12H,6-7H2,1-5H3. The second-order valence-electron chi connectivity index (χ2n) is 4.20. The molecule has 0 bridgehead atoms. The van der Waals surface area contributed by atoms with Crippen molar-refractivity contribution >= 4 is 5.82 Å². The van der Waals surface area contributed by atoms with Gasteiger partial charge >= 0.3 is 0 Å². The van der Waals surface area contributed by atoms with Gasteiger partial charge in [0.15, 0.2) is 0 Å². The van der Waals surface area contributed by atoms with Crippen molar-refractivity contribution in [1.29, 1.82) is 0 Å². The molecule has 0 spiro atoms. The lowest BCUT2D eigenvalue weighted by Gasteiger charge is -2.08. The number of nitrogens with zero attached hydrogens (tertiary/aromatic N) is 2. The van der Waals surface area contributed by atoms with Crippen molar-refractivity contribution in [2.75, 3.05) is 19.0 Å². The van der Waals surface area contributed by atoms with Crippen LogP contribution in [0.1, 0.15) is 25.1 Å². The monoisotopic (exact) mass is 211 g/mol. The van der Waals surface area contributed by atoms with E-state index in [0.29, 0.717) is 12.5 Å². The van der Waals surface area contributed by atoms with Gasteiger partial charge in [-0.15, -0.1) is 0 Å². The van der Waals surface area contributed by atoms with Crippen LogP contribution < -0.4 is 5.32 Å². The predicted molar refractivity (Wildman–Crippen MR) is 62.0 cm³/mol. The summed E-state index contributed by atoms with van der Waals surface area (Å²) in [5.41, 5.74) is 2.19. The first-order valence-corrected chi connectivity index (χ1v) is 5.34. The Morgan fingerprint density at radius 1 is 1.47 bits per heavy atom. The van der Waals surface area contributed by atoms with Gasteiger partial charge in [0.2, 0.25) is 0 Å². The fraction of sp³-hybridized carbons (Fsp3) is 0.727. The van der Waals surface area contributed by atoms with Crippen LogP contribution in [-0.4, -0.2) is 23.4 Å². The molecule has 1 aromatic rings. The lowest BCUT2D eigenvalue weighted by atomic mass is 10.2. The van der Waals surface area contributed by atoms with Gasteiger partial charge in [-0.1, -0.05) is 13.8 Å². The van der Waals surface area contributed by atoms with Crippen LogP contribution in [0, 0.1) is 12.8 Å². The normalized spacial score (nSPS) is 11.1. The highest BCUT2D eigenvalue weighted by atomic mass is 16.5. The summed E-state index contributed by atoms with van der Waals surface area (Å²) in [4.78, 5) is 0. The smallest absolute Gasteiger partial charge is 0.129 e. The van der Waals surface area contributed by atoms with Crippen LogP contribution in [0.3, 0.4) is 0 Å². The first-order valence-electron chi connectivity index (χ1n) is 5.34. The molecule has 86 valence electrons. The number of rotatable bonds is 5. The maximum atomic E-state index is 5.62. The molecule has 1 rings (SSSR count). The lowest BCUT2D eigenvalue weighted by Crippen LogP contribution is -2.05. The number of aryl methyl sites for hydroxylation is 2. The minimum absolute atomic E-state index is 0.569. The van der Waals surface area contributed by atoms with E-state index in [-0.39, 0.29) is 0 Å². The van der Waals surface area contributed by atoms with Crippen LogP contribution in [0.25, 0.3) is 0 Å². The van der Waals surface area contributed by atoms with E-state index in [4.69, 9.17) is 4.74 Å². The van der Waals surface area contributed by atoms with E-state index in [0.717, 1.165) is 23.7 Å². The number of nitrogens with one attached hydrogen (secondary N) is 1. The van der Waals surface area contributed by atoms with Crippen molar-refractivity contribution in [2.45, 2.75) is 27.4 Å². The van der Waals surface area contributed by atoms with Gasteiger partial charge in [-0.3, -0.25) is 4.68 Å². The third kappa shape index (κ3) is 2.96. The summed E-state index contributed by atoms with van der Waals surface area (Å²) in [5, 5.41) is 7.50. The second-order valence-corrected chi connectivity index (χ2v) is 4.20. The van der Waals surface area contributed by atoms with E-state index >= 15 is 0 Å². The van der Waals surface area contributed by atoms with Crippen molar-refractivity contribution < 1.29 is 4.74 Å². The summed E-state index contributed by atoms with van der Waals surface area (Å²) in [5.74, 6) is 1.61. The molecule has 0 fully saturated rings. The minimum atomic E-state index is 0.569. The van der Waals surface area contributed by atoms with Crippen LogP contribution in [0.2, 0.25) is 0 Å². The number of aromatic nitrogens is 2. The fourth-order valence-electron chi connectivity index (χ4n) is 1.58. The zero-order valence-electron chi connectivity index (χ0n) is 10.3. The molecule has 1 aromatic heterocycles. The molecule has 0 aliphatic rings. The lowest BCUT2D eigenvalue weighted by molar-refractivity contribution is 0.0971. The molecule has 1 N–H and O–H groups in total. The molecule has 1 heterocycles.